The van der Waals surface area contributed by atoms with E-state index < -0.39 is 11.5 Å². The summed E-state index contributed by atoms with van der Waals surface area (Å²) in [6.07, 6.45) is 4.69. The first-order valence-electron chi connectivity index (χ1n) is 7.66. The first kappa shape index (κ1) is 15.0. The number of carboxylic acids is 1. The number of hydrogen-bond acceptors (Lipinski definition) is 2. The highest BCUT2D eigenvalue weighted by atomic mass is 16.4. The molecule has 3 nitrogen and oxygen atoms in total. The third-order valence-electron chi connectivity index (χ3n) is 4.61. The molecule has 0 amide bonds. The van der Waals surface area contributed by atoms with Crippen molar-refractivity contribution in [3.8, 4) is 0 Å². The second-order valence-corrected chi connectivity index (χ2v) is 5.94. The molecule has 1 aliphatic rings. The zero-order valence-corrected chi connectivity index (χ0v) is 12.4. The van der Waals surface area contributed by atoms with Gasteiger partial charge in [0, 0.05) is 12.0 Å². The Hall–Kier alpha value is -1.35. The van der Waals surface area contributed by atoms with Gasteiger partial charge < -0.3 is 5.11 Å². The van der Waals surface area contributed by atoms with Crippen LogP contribution in [0.5, 0.6) is 0 Å². The lowest BCUT2D eigenvalue weighted by molar-refractivity contribution is -0.148. The Bertz CT molecular complexity index is 446. The van der Waals surface area contributed by atoms with Gasteiger partial charge in [-0.2, -0.15) is 0 Å². The third kappa shape index (κ3) is 2.88. The molecule has 1 fully saturated rings. The molecule has 0 aliphatic heterocycles. The van der Waals surface area contributed by atoms with Crippen LogP contribution in [0.4, 0.5) is 0 Å². The Morgan fingerprint density at radius 2 is 2.10 bits per heavy atom. The van der Waals surface area contributed by atoms with E-state index in [0.29, 0.717) is 6.42 Å². The van der Waals surface area contributed by atoms with Crippen molar-refractivity contribution in [2.24, 2.45) is 0 Å². The highest BCUT2D eigenvalue weighted by Gasteiger charge is 2.48. The molecule has 0 saturated heterocycles. The molecule has 0 aromatic heterocycles. The summed E-state index contributed by atoms with van der Waals surface area (Å²) >= 11 is 0. The normalized spacial score (nSPS) is 28.0. The van der Waals surface area contributed by atoms with Crippen LogP contribution in [-0.2, 0) is 4.79 Å². The lowest BCUT2D eigenvalue weighted by Gasteiger charge is -2.43. The summed E-state index contributed by atoms with van der Waals surface area (Å²) in [6.45, 7) is 4.16. The lowest BCUT2D eigenvalue weighted by atomic mass is 9.69. The van der Waals surface area contributed by atoms with Crippen molar-refractivity contribution in [2.45, 2.75) is 63.5 Å². The summed E-state index contributed by atoms with van der Waals surface area (Å²) in [5.74, 6) is -0.643. The number of hydrogen-bond donors (Lipinski definition) is 2. The molecule has 1 saturated carbocycles. The standard InChI is InChI=1S/C17H25NO2/c1-3-13(2)18-17(16(19)20)12-8-7-11-15(17)14-9-5-4-6-10-14/h4-6,9-10,13,15,18H,3,7-8,11-12H2,1-2H3,(H,19,20). The molecule has 3 heteroatoms. The molecule has 2 rings (SSSR count). The zero-order chi connectivity index (χ0) is 14.6. The molecule has 1 aromatic rings. The first-order valence-corrected chi connectivity index (χ1v) is 7.66. The van der Waals surface area contributed by atoms with Crippen LogP contribution in [0.1, 0.15) is 57.4 Å². The fourth-order valence-electron chi connectivity index (χ4n) is 3.34. The Morgan fingerprint density at radius 3 is 2.70 bits per heavy atom. The maximum absolute atomic E-state index is 12.0. The van der Waals surface area contributed by atoms with Gasteiger partial charge in [0.05, 0.1) is 0 Å². The second kappa shape index (κ2) is 6.40. The van der Waals surface area contributed by atoms with E-state index in [1.165, 1.54) is 0 Å². The Morgan fingerprint density at radius 1 is 1.40 bits per heavy atom. The van der Waals surface area contributed by atoms with Crippen LogP contribution < -0.4 is 5.32 Å². The Balaban J connectivity index is 2.37. The molecule has 3 unspecified atom stereocenters. The number of carbonyl (C=O) groups is 1. The smallest absolute Gasteiger partial charge is 0.324 e. The van der Waals surface area contributed by atoms with Gasteiger partial charge in [-0.3, -0.25) is 10.1 Å². The van der Waals surface area contributed by atoms with E-state index in [2.05, 4.69) is 31.3 Å². The van der Waals surface area contributed by atoms with Gasteiger partial charge in [-0.25, -0.2) is 0 Å². The van der Waals surface area contributed by atoms with Crippen LogP contribution >= 0.6 is 0 Å². The maximum Gasteiger partial charge on any atom is 0.324 e. The molecule has 0 heterocycles. The number of nitrogens with one attached hydrogen (secondary N) is 1. The topological polar surface area (TPSA) is 49.3 Å². The molecule has 3 atom stereocenters. The van der Waals surface area contributed by atoms with E-state index in [1.807, 2.05) is 18.2 Å². The highest BCUT2D eigenvalue weighted by molar-refractivity contribution is 5.80. The van der Waals surface area contributed by atoms with E-state index in [4.69, 9.17) is 0 Å². The van der Waals surface area contributed by atoms with E-state index >= 15 is 0 Å². The average molecular weight is 275 g/mol. The van der Waals surface area contributed by atoms with Crippen molar-refractivity contribution in [1.29, 1.82) is 0 Å². The molecule has 0 spiro atoms. The van der Waals surface area contributed by atoms with Crippen molar-refractivity contribution in [3.05, 3.63) is 35.9 Å². The SMILES string of the molecule is CCC(C)NC1(C(=O)O)CCCCC1c1ccccc1. The van der Waals surface area contributed by atoms with Crippen molar-refractivity contribution in [2.75, 3.05) is 0 Å². The van der Waals surface area contributed by atoms with Gasteiger partial charge in [0.2, 0.25) is 0 Å². The van der Waals surface area contributed by atoms with E-state index in [-0.39, 0.29) is 12.0 Å². The summed E-state index contributed by atoms with van der Waals surface area (Å²) in [5, 5.41) is 13.3. The van der Waals surface area contributed by atoms with Gasteiger partial charge in [-0.1, -0.05) is 50.1 Å². The fourth-order valence-corrected chi connectivity index (χ4v) is 3.34. The van der Waals surface area contributed by atoms with Gasteiger partial charge in [0.1, 0.15) is 5.54 Å². The van der Waals surface area contributed by atoms with Gasteiger partial charge in [-0.05, 0) is 31.7 Å². The minimum atomic E-state index is -0.810. The summed E-state index contributed by atoms with van der Waals surface area (Å²) in [7, 11) is 0. The van der Waals surface area contributed by atoms with Gasteiger partial charge in [0.25, 0.3) is 0 Å². The minimum Gasteiger partial charge on any atom is -0.480 e. The van der Waals surface area contributed by atoms with Crippen LogP contribution in [0.25, 0.3) is 0 Å². The van der Waals surface area contributed by atoms with Crippen LogP contribution in [-0.4, -0.2) is 22.7 Å². The first-order chi connectivity index (χ1) is 9.60. The van der Waals surface area contributed by atoms with Crippen molar-refractivity contribution < 1.29 is 9.90 Å². The van der Waals surface area contributed by atoms with E-state index in [9.17, 15) is 9.90 Å². The van der Waals surface area contributed by atoms with E-state index in [0.717, 1.165) is 31.2 Å². The quantitative estimate of drug-likeness (QED) is 0.864. The summed E-state index contributed by atoms with van der Waals surface area (Å²) < 4.78 is 0. The number of aliphatic carboxylic acids is 1. The van der Waals surface area contributed by atoms with E-state index in [1.54, 1.807) is 0 Å². The molecule has 2 N–H and O–H groups in total. The van der Waals surface area contributed by atoms with Gasteiger partial charge in [0.15, 0.2) is 0 Å². The summed E-state index contributed by atoms with van der Waals surface area (Å²) in [6, 6.07) is 10.3. The largest absolute Gasteiger partial charge is 0.480 e. The molecule has 20 heavy (non-hydrogen) atoms. The third-order valence-corrected chi connectivity index (χ3v) is 4.61. The molecule has 1 aliphatic carbocycles. The van der Waals surface area contributed by atoms with Crippen molar-refractivity contribution in [3.63, 3.8) is 0 Å². The van der Waals surface area contributed by atoms with Crippen LogP contribution in [0.3, 0.4) is 0 Å². The number of carboxylic acid groups (broad SMARTS) is 1. The predicted octanol–water partition coefficient (Wildman–Crippen LogP) is 3.56. The van der Waals surface area contributed by atoms with Gasteiger partial charge >= 0.3 is 5.97 Å². The second-order valence-electron chi connectivity index (χ2n) is 5.94. The van der Waals surface area contributed by atoms with Crippen LogP contribution in [0.15, 0.2) is 30.3 Å². The van der Waals surface area contributed by atoms with Crippen LogP contribution in [0, 0.1) is 0 Å². The lowest BCUT2D eigenvalue weighted by Crippen LogP contribution is -2.60. The molecule has 0 bridgehead atoms. The Kier molecular flexibility index (Phi) is 4.81. The molecule has 0 radical (unpaired) electrons. The highest BCUT2D eigenvalue weighted by Crippen LogP contribution is 2.41. The van der Waals surface area contributed by atoms with Crippen LogP contribution in [0.2, 0.25) is 0 Å². The Labute approximate surface area is 121 Å². The molecule has 110 valence electrons. The number of rotatable bonds is 5. The number of benzene rings is 1. The predicted molar refractivity (Wildman–Crippen MR) is 80.9 cm³/mol. The summed E-state index contributed by atoms with van der Waals surface area (Å²) in [5.41, 5.74) is 0.333. The molecular formula is C17H25NO2. The zero-order valence-electron chi connectivity index (χ0n) is 12.4. The molecular weight excluding hydrogens is 250 g/mol. The van der Waals surface area contributed by atoms with Crippen molar-refractivity contribution in [1.82, 2.24) is 5.32 Å². The monoisotopic (exact) mass is 275 g/mol. The fraction of sp³-hybridized carbons (Fsp3) is 0.588. The van der Waals surface area contributed by atoms with Gasteiger partial charge in [-0.15, -0.1) is 0 Å². The van der Waals surface area contributed by atoms with Crippen molar-refractivity contribution >= 4 is 5.97 Å². The molecule has 1 aromatic carbocycles. The summed E-state index contributed by atoms with van der Waals surface area (Å²) in [4.78, 5) is 12.0. The average Bonchev–Trinajstić information content (AvgIpc) is 2.48. The maximum atomic E-state index is 12.0. The minimum absolute atomic E-state index is 0.0592.